The molecule has 1 aromatic rings. The minimum Gasteiger partial charge on any atom is -0.330 e. The van der Waals surface area contributed by atoms with Crippen LogP contribution in [-0.4, -0.2) is 26.5 Å². The van der Waals surface area contributed by atoms with Gasteiger partial charge in [-0.15, -0.1) is 0 Å². The maximum absolute atomic E-state index is 11.4. The van der Waals surface area contributed by atoms with Gasteiger partial charge in [-0.05, 0) is 36.8 Å². The molecule has 3 nitrogen and oxygen atoms in total. The van der Waals surface area contributed by atoms with E-state index < -0.39 is 9.84 Å². The van der Waals surface area contributed by atoms with E-state index in [0.717, 1.165) is 12.8 Å². The SMILES string of the molecule is NCC(c1ccccc1)C1CCS(=O)(=O)CC1. The number of benzene rings is 1. The first-order valence-electron chi connectivity index (χ1n) is 6.08. The van der Waals surface area contributed by atoms with Gasteiger partial charge in [0.1, 0.15) is 9.84 Å². The van der Waals surface area contributed by atoms with Crippen molar-refractivity contribution in [1.82, 2.24) is 0 Å². The number of sulfone groups is 1. The highest BCUT2D eigenvalue weighted by molar-refractivity contribution is 7.91. The molecule has 0 aliphatic carbocycles. The molecule has 2 N–H and O–H groups in total. The summed E-state index contributed by atoms with van der Waals surface area (Å²) in [5.41, 5.74) is 7.09. The Labute approximate surface area is 103 Å². The summed E-state index contributed by atoms with van der Waals surface area (Å²) in [5, 5.41) is 0. The molecule has 0 bridgehead atoms. The van der Waals surface area contributed by atoms with Gasteiger partial charge in [0, 0.05) is 0 Å². The van der Waals surface area contributed by atoms with Gasteiger partial charge in [-0.25, -0.2) is 8.42 Å². The molecule has 1 fully saturated rings. The van der Waals surface area contributed by atoms with E-state index in [2.05, 4.69) is 12.1 Å². The highest BCUT2D eigenvalue weighted by atomic mass is 32.2. The van der Waals surface area contributed by atoms with Crippen LogP contribution in [0.2, 0.25) is 0 Å². The lowest BCUT2D eigenvalue weighted by molar-refractivity contribution is 0.389. The first-order chi connectivity index (χ1) is 8.12. The second kappa shape index (κ2) is 5.19. The van der Waals surface area contributed by atoms with E-state index in [1.165, 1.54) is 5.56 Å². The zero-order valence-corrected chi connectivity index (χ0v) is 10.7. The second-order valence-corrected chi connectivity index (χ2v) is 7.05. The highest BCUT2D eigenvalue weighted by Crippen LogP contribution is 2.32. The molecule has 1 saturated heterocycles. The van der Waals surface area contributed by atoms with Crippen molar-refractivity contribution < 1.29 is 8.42 Å². The van der Waals surface area contributed by atoms with E-state index in [0.29, 0.717) is 29.9 Å². The van der Waals surface area contributed by atoms with Crippen molar-refractivity contribution in [3.8, 4) is 0 Å². The van der Waals surface area contributed by atoms with Gasteiger partial charge >= 0.3 is 0 Å². The minimum atomic E-state index is -2.78. The summed E-state index contributed by atoms with van der Waals surface area (Å²) in [6.45, 7) is 0.592. The van der Waals surface area contributed by atoms with Crippen LogP contribution in [0.1, 0.15) is 24.3 Å². The van der Waals surface area contributed by atoms with Gasteiger partial charge in [-0.3, -0.25) is 0 Å². The van der Waals surface area contributed by atoms with E-state index in [1.54, 1.807) is 0 Å². The Hall–Kier alpha value is -0.870. The van der Waals surface area contributed by atoms with Gasteiger partial charge in [-0.2, -0.15) is 0 Å². The lowest BCUT2D eigenvalue weighted by atomic mass is 9.82. The first kappa shape index (κ1) is 12.6. The number of hydrogen-bond donors (Lipinski definition) is 1. The van der Waals surface area contributed by atoms with E-state index in [-0.39, 0.29) is 0 Å². The molecule has 1 aliphatic rings. The lowest BCUT2D eigenvalue weighted by Gasteiger charge is -2.29. The smallest absolute Gasteiger partial charge is 0.150 e. The standard InChI is InChI=1S/C13H19NO2S/c14-10-13(11-4-2-1-3-5-11)12-6-8-17(15,16)9-7-12/h1-5,12-13H,6-10,14H2. The Balaban J connectivity index is 2.11. The molecular weight excluding hydrogens is 234 g/mol. The van der Waals surface area contributed by atoms with Crippen LogP contribution in [0, 0.1) is 5.92 Å². The van der Waals surface area contributed by atoms with Gasteiger partial charge < -0.3 is 5.73 Å². The first-order valence-corrected chi connectivity index (χ1v) is 7.90. The summed E-state index contributed by atoms with van der Waals surface area (Å²) in [6, 6.07) is 10.2. The second-order valence-electron chi connectivity index (χ2n) is 4.74. The van der Waals surface area contributed by atoms with Crippen molar-refractivity contribution in [2.75, 3.05) is 18.1 Å². The molecule has 1 unspecified atom stereocenters. The molecule has 0 saturated carbocycles. The van der Waals surface area contributed by atoms with Crippen LogP contribution < -0.4 is 5.73 Å². The van der Waals surface area contributed by atoms with Crippen molar-refractivity contribution in [3.05, 3.63) is 35.9 Å². The maximum Gasteiger partial charge on any atom is 0.150 e. The molecule has 1 atom stereocenters. The third-order valence-corrected chi connectivity index (χ3v) is 5.37. The minimum absolute atomic E-state index is 0.298. The Morgan fingerprint density at radius 1 is 1.18 bits per heavy atom. The third kappa shape index (κ3) is 3.07. The van der Waals surface area contributed by atoms with Gasteiger partial charge in [0.2, 0.25) is 0 Å². The molecule has 1 aliphatic heterocycles. The van der Waals surface area contributed by atoms with E-state index >= 15 is 0 Å². The fraction of sp³-hybridized carbons (Fsp3) is 0.538. The van der Waals surface area contributed by atoms with Crippen LogP contribution in [0.15, 0.2) is 30.3 Å². The van der Waals surface area contributed by atoms with Crippen LogP contribution >= 0.6 is 0 Å². The van der Waals surface area contributed by atoms with Crippen LogP contribution in [0.5, 0.6) is 0 Å². The normalized spacial score (nSPS) is 22.2. The van der Waals surface area contributed by atoms with Gasteiger partial charge in [-0.1, -0.05) is 30.3 Å². The van der Waals surface area contributed by atoms with Crippen molar-refractivity contribution in [2.45, 2.75) is 18.8 Å². The van der Waals surface area contributed by atoms with Crippen molar-refractivity contribution in [3.63, 3.8) is 0 Å². The molecule has 0 radical (unpaired) electrons. The van der Waals surface area contributed by atoms with Gasteiger partial charge in [0.15, 0.2) is 0 Å². The fourth-order valence-electron chi connectivity index (χ4n) is 2.61. The van der Waals surface area contributed by atoms with E-state index in [1.807, 2.05) is 18.2 Å². The van der Waals surface area contributed by atoms with E-state index in [4.69, 9.17) is 5.73 Å². The van der Waals surface area contributed by atoms with Crippen molar-refractivity contribution in [2.24, 2.45) is 11.7 Å². The molecule has 1 aromatic carbocycles. The summed E-state index contributed by atoms with van der Waals surface area (Å²) < 4.78 is 22.8. The topological polar surface area (TPSA) is 60.2 Å². The summed E-state index contributed by atoms with van der Waals surface area (Å²) in [4.78, 5) is 0. The van der Waals surface area contributed by atoms with Crippen LogP contribution in [0.25, 0.3) is 0 Å². The van der Waals surface area contributed by atoms with Crippen molar-refractivity contribution >= 4 is 9.84 Å². The molecule has 4 heteroatoms. The third-order valence-electron chi connectivity index (χ3n) is 3.65. The molecule has 94 valence electrons. The Morgan fingerprint density at radius 2 is 1.76 bits per heavy atom. The zero-order valence-electron chi connectivity index (χ0n) is 9.88. The monoisotopic (exact) mass is 253 g/mol. The molecule has 2 rings (SSSR count). The Bertz CT molecular complexity index is 442. The summed E-state index contributed by atoms with van der Waals surface area (Å²) in [5.74, 6) is 1.35. The largest absolute Gasteiger partial charge is 0.330 e. The molecule has 0 aromatic heterocycles. The number of nitrogens with two attached hydrogens (primary N) is 1. The maximum atomic E-state index is 11.4. The van der Waals surface area contributed by atoms with Crippen LogP contribution in [-0.2, 0) is 9.84 Å². The Morgan fingerprint density at radius 3 is 2.29 bits per heavy atom. The average Bonchev–Trinajstić information content (AvgIpc) is 2.33. The zero-order chi connectivity index (χ0) is 12.3. The summed E-state index contributed by atoms with van der Waals surface area (Å²) >= 11 is 0. The highest BCUT2D eigenvalue weighted by Gasteiger charge is 2.29. The van der Waals surface area contributed by atoms with Crippen LogP contribution in [0.3, 0.4) is 0 Å². The number of rotatable bonds is 3. The molecule has 0 amide bonds. The lowest BCUT2D eigenvalue weighted by Crippen LogP contribution is -2.30. The average molecular weight is 253 g/mol. The van der Waals surface area contributed by atoms with E-state index in [9.17, 15) is 8.42 Å². The quantitative estimate of drug-likeness (QED) is 0.889. The van der Waals surface area contributed by atoms with Crippen LogP contribution in [0.4, 0.5) is 0 Å². The molecule has 17 heavy (non-hydrogen) atoms. The predicted octanol–water partition coefficient (Wildman–Crippen LogP) is 1.55. The molecule has 1 heterocycles. The van der Waals surface area contributed by atoms with Crippen molar-refractivity contribution in [1.29, 1.82) is 0 Å². The Kier molecular flexibility index (Phi) is 3.84. The number of hydrogen-bond acceptors (Lipinski definition) is 3. The van der Waals surface area contributed by atoms with Gasteiger partial charge in [0.05, 0.1) is 11.5 Å². The van der Waals surface area contributed by atoms with Gasteiger partial charge in [0.25, 0.3) is 0 Å². The molecular formula is C13H19NO2S. The summed E-state index contributed by atoms with van der Waals surface area (Å²) in [6.07, 6.45) is 1.50. The molecule has 0 spiro atoms. The fourth-order valence-corrected chi connectivity index (χ4v) is 4.14. The predicted molar refractivity (Wildman–Crippen MR) is 69.6 cm³/mol. The summed E-state index contributed by atoms with van der Waals surface area (Å²) in [7, 11) is -2.78.